The van der Waals surface area contributed by atoms with E-state index in [4.69, 9.17) is 9.47 Å². The summed E-state index contributed by atoms with van der Waals surface area (Å²) in [5.41, 5.74) is 1.05. The van der Waals surface area contributed by atoms with E-state index in [2.05, 4.69) is 5.32 Å². The first-order valence-electron chi connectivity index (χ1n) is 6.15. The molecule has 0 aliphatic heterocycles. The number of nitrogens with one attached hydrogen (secondary N) is 1. The fourth-order valence-corrected chi connectivity index (χ4v) is 1.64. The number of nitrogens with zero attached hydrogens (tertiary/aromatic N) is 1. The molecule has 0 saturated heterocycles. The highest BCUT2D eigenvalue weighted by Gasteiger charge is 2.11. The van der Waals surface area contributed by atoms with Crippen LogP contribution in [0.5, 0.6) is 11.5 Å². The Labute approximate surface area is 114 Å². The molecule has 1 N–H and O–H groups in total. The van der Waals surface area contributed by atoms with Crippen LogP contribution in [0.3, 0.4) is 0 Å². The molecule has 1 aromatic rings. The third-order valence-corrected chi connectivity index (χ3v) is 2.97. The number of amides is 1. The van der Waals surface area contributed by atoms with Crippen molar-refractivity contribution in [1.82, 2.24) is 10.2 Å². The van der Waals surface area contributed by atoms with Crippen LogP contribution in [0.2, 0.25) is 0 Å². The molecule has 0 aliphatic rings. The molecule has 0 spiro atoms. The minimum atomic E-state index is 0.0485. The zero-order chi connectivity index (χ0) is 14.4. The fraction of sp³-hybridized carbons (Fsp3) is 0.500. The lowest BCUT2D eigenvalue weighted by Crippen LogP contribution is -2.34. The van der Waals surface area contributed by atoms with Crippen LogP contribution >= 0.6 is 0 Å². The molecule has 1 unspecified atom stereocenters. The Hall–Kier alpha value is -1.75. The standard InChI is InChI=1S/C14H22N2O3/c1-10(15-9-14(17)16(2)3)11-6-7-12(18-4)13(8-11)19-5/h6-8,10,15H,9H2,1-5H3. The number of carbonyl (C=O) groups is 1. The molecule has 0 bridgehead atoms. The molecular formula is C14H22N2O3. The van der Waals surface area contributed by atoms with Gasteiger partial charge in [0.05, 0.1) is 20.8 Å². The normalized spacial score (nSPS) is 11.8. The maximum atomic E-state index is 11.5. The molecule has 19 heavy (non-hydrogen) atoms. The summed E-state index contributed by atoms with van der Waals surface area (Å²) in [6.45, 7) is 2.31. The Balaban J connectivity index is 2.72. The van der Waals surface area contributed by atoms with Crippen molar-refractivity contribution in [2.45, 2.75) is 13.0 Å². The van der Waals surface area contributed by atoms with E-state index in [9.17, 15) is 4.79 Å². The van der Waals surface area contributed by atoms with E-state index in [1.54, 1.807) is 33.2 Å². The van der Waals surface area contributed by atoms with Crippen molar-refractivity contribution < 1.29 is 14.3 Å². The molecule has 106 valence electrons. The molecule has 1 aromatic carbocycles. The minimum absolute atomic E-state index is 0.0485. The van der Waals surface area contributed by atoms with Crippen LogP contribution in [-0.4, -0.2) is 45.7 Å². The highest BCUT2D eigenvalue weighted by atomic mass is 16.5. The molecule has 1 atom stereocenters. The van der Waals surface area contributed by atoms with Crippen molar-refractivity contribution >= 4 is 5.91 Å². The van der Waals surface area contributed by atoms with E-state index >= 15 is 0 Å². The van der Waals surface area contributed by atoms with Gasteiger partial charge in [0.2, 0.25) is 5.91 Å². The average Bonchev–Trinajstić information content (AvgIpc) is 2.43. The molecule has 5 nitrogen and oxygen atoms in total. The molecule has 0 fully saturated rings. The van der Waals surface area contributed by atoms with Gasteiger partial charge in [-0.1, -0.05) is 6.07 Å². The van der Waals surface area contributed by atoms with Gasteiger partial charge in [0, 0.05) is 20.1 Å². The lowest BCUT2D eigenvalue weighted by Gasteiger charge is -2.17. The first-order valence-corrected chi connectivity index (χ1v) is 6.15. The Morgan fingerprint density at radius 1 is 1.26 bits per heavy atom. The maximum absolute atomic E-state index is 11.5. The predicted octanol–water partition coefficient (Wildman–Crippen LogP) is 1.44. The number of hydrogen-bond acceptors (Lipinski definition) is 4. The van der Waals surface area contributed by atoms with Crippen molar-refractivity contribution in [3.63, 3.8) is 0 Å². The number of benzene rings is 1. The van der Waals surface area contributed by atoms with Gasteiger partial charge in [-0.2, -0.15) is 0 Å². The number of carbonyl (C=O) groups excluding carboxylic acids is 1. The number of ether oxygens (including phenoxy) is 2. The van der Waals surface area contributed by atoms with Gasteiger partial charge in [0.1, 0.15) is 0 Å². The molecule has 0 aromatic heterocycles. The fourth-order valence-electron chi connectivity index (χ4n) is 1.64. The summed E-state index contributed by atoms with van der Waals surface area (Å²) in [6, 6.07) is 5.79. The second kappa shape index (κ2) is 6.99. The Morgan fingerprint density at radius 3 is 2.42 bits per heavy atom. The Kier molecular flexibility index (Phi) is 5.63. The topological polar surface area (TPSA) is 50.8 Å². The van der Waals surface area contributed by atoms with Gasteiger partial charge in [-0.15, -0.1) is 0 Å². The second-order valence-electron chi connectivity index (χ2n) is 4.51. The summed E-state index contributed by atoms with van der Waals surface area (Å²) in [6.07, 6.45) is 0. The van der Waals surface area contributed by atoms with Crippen LogP contribution in [0.25, 0.3) is 0 Å². The van der Waals surface area contributed by atoms with Crippen LogP contribution in [0.4, 0.5) is 0 Å². The van der Waals surface area contributed by atoms with Crippen molar-refractivity contribution in [3.8, 4) is 11.5 Å². The smallest absolute Gasteiger partial charge is 0.236 e. The number of methoxy groups -OCH3 is 2. The van der Waals surface area contributed by atoms with E-state index in [0.29, 0.717) is 18.0 Å². The van der Waals surface area contributed by atoms with Gasteiger partial charge in [0.25, 0.3) is 0 Å². The predicted molar refractivity (Wildman–Crippen MR) is 74.7 cm³/mol. The quantitative estimate of drug-likeness (QED) is 0.846. The van der Waals surface area contributed by atoms with Crippen LogP contribution in [0.1, 0.15) is 18.5 Å². The average molecular weight is 266 g/mol. The van der Waals surface area contributed by atoms with Crippen molar-refractivity contribution in [2.24, 2.45) is 0 Å². The van der Waals surface area contributed by atoms with Crippen molar-refractivity contribution in [2.75, 3.05) is 34.9 Å². The van der Waals surface area contributed by atoms with Gasteiger partial charge < -0.3 is 19.7 Å². The minimum Gasteiger partial charge on any atom is -0.493 e. The molecule has 0 saturated carbocycles. The lowest BCUT2D eigenvalue weighted by atomic mass is 10.1. The monoisotopic (exact) mass is 266 g/mol. The molecular weight excluding hydrogens is 244 g/mol. The largest absolute Gasteiger partial charge is 0.493 e. The van der Waals surface area contributed by atoms with Crippen LogP contribution in [-0.2, 0) is 4.79 Å². The van der Waals surface area contributed by atoms with E-state index in [0.717, 1.165) is 5.56 Å². The summed E-state index contributed by atoms with van der Waals surface area (Å²) >= 11 is 0. The summed E-state index contributed by atoms with van der Waals surface area (Å²) in [4.78, 5) is 13.1. The zero-order valence-corrected chi connectivity index (χ0v) is 12.2. The SMILES string of the molecule is COc1ccc(C(C)NCC(=O)N(C)C)cc1OC. The van der Waals surface area contributed by atoms with Gasteiger partial charge in [-0.25, -0.2) is 0 Å². The number of rotatable bonds is 6. The Morgan fingerprint density at radius 2 is 1.89 bits per heavy atom. The molecule has 1 rings (SSSR count). The van der Waals surface area contributed by atoms with Crippen LogP contribution in [0.15, 0.2) is 18.2 Å². The molecule has 0 radical (unpaired) electrons. The van der Waals surface area contributed by atoms with E-state index < -0.39 is 0 Å². The second-order valence-corrected chi connectivity index (χ2v) is 4.51. The van der Waals surface area contributed by atoms with E-state index in [1.165, 1.54) is 0 Å². The number of likely N-dealkylation sites (N-methyl/N-ethyl adjacent to an activating group) is 1. The van der Waals surface area contributed by atoms with Crippen molar-refractivity contribution in [1.29, 1.82) is 0 Å². The first-order chi connectivity index (χ1) is 8.99. The van der Waals surface area contributed by atoms with Crippen LogP contribution < -0.4 is 14.8 Å². The third kappa shape index (κ3) is 4.13. The van der Waals surface area contributed by atoms with E-state index in [-0.39, 0.29) is 11.9 Å². The third-order valence-electron chi connectivity index (χ3n) is 2.97. The van der Waals surface area contributed by atoms with E-state index in [1.807, 2.05) is 25.1 Å². The highest BCUT2D eigenvalue weighted by Crippen LogP contribution is 2.29. The van der Waals surface area contributed by atoms with Gasteiger partial charge in [-0.3, -0.25) is 4.79 Å². The van der Waals surface area contributed by atoms with Crippen molar-refractivity contribution in [3.05, 3.63) is 23.8 Å². The van der Waals surface area contributed by atoms with Gasteiger partial charge in [-0.05, 0) is 24.6 Å². The highest BCUT2D eigenvalue weighted by molar-refractivity contribution is 5.77. The van der Waals surface area contributed by atoms with Crippen LogP contribution in [0, 0.1) is 0 Å². The Bertz CT molecular complexity index is 433. The molecule has 1 amide bonds. The molecule has 5 heteroatoms. The summed E-state index contributed by atoms with van der Waals surface area (Å²) < 4.78 is 10.5. The molecule has 0 heterocycles. The van der Waals surface area contributed by atoms with Gasteiger partial charge >= 0.3 is 0 Å². The summed E-state index contributed by atoms with van der Waals surface area (Å²) in [7, 11) is 6.69. The zero-order valence-electron chi connectivity index (χ0n) is 12.2. The summed E-state index contributed by atoms with van der Waals surface area (Å²) in [5.74, 6) is 1.43. The van der Waals surface area contributed by atoms with Gasteiger partial charge in [0.15, 0.2) is 11.5 Å². The number of hydrogen-bond donors (Lipinski definition) is 1. The maximum Gasteiger partial charge on any atom is 0.236 e. The molecule has 0 aliphatic carbocycles. The summed E-state index contributed by atoms with van der Waals surface area (Å²) in [5, 5.41) is 3.18. The lowest BCUT2D eigenvalue weighted by molar-refractivity contribution is -0.127. The first kappa shape index (κ1) is 15.3.